The van der Waals surface area contributed by atoms with Gasteiger partial charge in [-0.15, -0.1) is 0 Å². The summed E-state index contributed by atoms with van der Waals surface area (Å²) in [4.78, 5) is 36.0. The second-order valence-electron chi connectivity index (χ2n) is 15.1. The number of aliphatic hydroxyl groups excluding tert-OH is 2. The first-order chi connectivity index (χ1) is 21.4. The quantitative estimate of drug-likeness (QED) is 0.425. The minimum Gasteiger partial charge on any atom is -0.458 e. The number of methoxy groups -OCH3 is 1. The first-order valence-corrected chi connectivity index (χ1v) is 17.1. The first-order valence-electron chi connectivity index (χ1n) is 17.1. The molecule has 0 aromatic carbocycles. The number of likely N-dealkylation sites (N-methyl/N-ethyl adjacent to an activating group) is 1. The Morgan fingerprint density at radius 2 is 1.70 bits per heavy atom. The molecule has 2 N–H and O–H groups in total. The SMILES string of the molecule is CC[C@H]1OC(=O)[C@H](C)[C@@H](O)[C@H](C)[C@@H](O[C@@H]2O[C@H](C)C[C@H](N(C)C)[C@H]2O)[C@](C)(OC)C[C@@H](C)C2=N[C@@H](C)CN3C(=O)O[C@@]1(C)[C@H]3[C@H]2C. The molecule has 12 heteroatoms. The molecule has 12 nitrogen and oxygen atoms in total. The van der Waals surface area contributed by atoms with E-state index in [0.29, 0.717) is 25.8 Å². The molecule has 0 saturated carbocycles. The van der Waals surface area contributed by atoms with Crippen molar-refractivity contribution in [3.63, 3.8) is 0 Å². The lowest BCUT2D eigenvalue weighted by Gasteiger charge is -2.48. The van der Waals surface area contributed by atoms with Crippen LogP contribution in [-0.2, 0) is 28.5 Å². The number of rotatable bonds is 5. The number of carbonyl (C=O) groups is 2. The van der Waals surface area contributed by atoms with Gasteiger partial charge >= 0.3 is 12.1 Å². The van der Waals surface area contributed by atoms with E-state index in [1.165, 1.54) is 0 Å². The number of aliphatic imine (C=N–C) groups is 1. The van der Waals surface area contributed by atoms with Crippen LogP contribution in [0.15, 0.2) is 4.99 Å². The van der Waals surface area contributed by atoms with Gasteiger partial charge in [0.25, 0.3) is 0 Å². The van der Waals surface area contributed by atoms with E-state index in [0.717, 1.165) is 5.71 Å². The van der Waals surface area contributed by atoms with Crippen LogP contribution in [0.5, 0.6) is 0 Å². The molecule has 0 radical (unpaired) electrons. The molecule has 4 heterocycles. The van der Waals surface area contributed by atoms with Crippen LogP contribution in [0.2, 0.25) is 0 Å². The number of ether oxygens (including phenoxy) is 5. The van der Waals surface area contributed by atoms with Crippen molar-refractivity contribution in [2.24, 2.45) is 28.7 Å². The third-order valence-electron chi connectivity index (χ3n) is 11.2. The minimum absolute atomic E-state index is 0.133. The van der Waals surface area contributed by atoms with Crippen molar-refractivity contribution in [3.8, 4) is 0 Å². The molecule has 3 saturated heterocycles. The van der Waals surface area contributed by atoms with Gasteiger partial charge in [-0.1, -0.05) is 27.7 Å². The Bertz CT molecular complexity index is 1140. The number of amides is 1. The van der Waals surface area contributed by atoms with Gasteiger partial charge in [-0.25, -0.2) is 4.79 Å². The van der Waals surface area contributed by atoms with Crippen LogP contribution in [0.25, 0.3) is 0 Å². The summed E-state index contributed by atoms with van der Waals surface area (Å²) in [6.07, 6.45) is -3.81. The second kappa shape index (κ2) is 14.0. The summed E-state index contributed by atoms with van der Waals surface area (Å²) < 4.78 is 31.4. The summed E-state index contributed by atoms with van der Waals surface area (Å²) in [6, 6.07) is -0.812. The summed E-state index contributed by atoms with van der Waals surface area (Å²) in [5, 5.41) is 23.2. The molecule has 1 amide bonds. The van der Waals surface area contributed by atoms with Crippen molar-refractivity contribution < 1.29 is 43.5 Å². The molecule has 264 valence electrons. The lowest BCUT2D eigenvalue weighted by atomic mass is 9.72. The molecule has 0 aliphatic carbocycles. The van der Waals surface area contributed by atoms with Gasteiger partial charge in [0.15, 0.2) is 11.9 Å². The molecule has 4 aliphatic heterocycles. The van der Waals surface area contributed by atoms with Crippen LogP contribution < -0.4 is 0 Å². The molecule has 2 bridgehead atoms. The summed E-state index contributed by atoms with van der Waals surface area (Å²) in [5.74, 6) is -2.54. The van der Waals surface area contributed by atoms with E-state index >= 15 is 0 Å². The second-order valence-corrected chi connectivity index (χ2v) is 15.1. The van der Waals surface area contributed by atoms with Gasteiger partial charge in [0, 0.05) is 37.2 Å². The number of fused-ring (bicyclic) bond motifs is 1. The number of cyclic esters (lactones) is 1. The van der Waals surface area contributed by atoms with Crippen molar-refractivity contribution >= 4 is 17.8 Å². The fourth-order valence-electron chi connectivity index (χ4n) is 8.65. The molecule has 46 heavy (non-hydrogen) atoms. The lowest BCUT2D eigenvalue weighted by molar-refractivity contribution is -0.301. The van der Waals surface area contributed by atoms with Crippen LogP contribution in [0.1, 0.15) is 81.6 Å². The van der Waals surface area contributed by atoms with Crippen molar-refractivity contribution in [1.82, 2.24) is 9.80 Å². The van der Waals surface area contributed by atoms with E-state index in [-0.39, 0.29) is 30.0 Å². The highest BCUT2D eigenvalue weighted by Gasteiger charge is 2.60. The van der Waals surface area contributed by atoms with Crippen molar-refractivity contribution in [1.29, 1.82) is 0 Å². The van der Waals surface area contributed by atoms with Crippen LogP contribution in [0.4, 0.5) is 4.79 Å². The zero-order valence-corrected chi connectivity index (χ0v) is 29.9. The number of aliphatic hydroxyl groups is 2. The summed E-state index contributed by atoms with van der Waals surface area (Å²) >= 11 is 0. The first kappa shape index (κ1) is 37.0. The van der Waals surface area contributed by atoms with Gasteiger partial charge in [-0.05, 0) is 73.9 Å². The van der Waals surface area contributed by atoms with Crippen LogP contribution in [0.3, 0.4) is 0 Å². The van der Waals surface area contributed by atoms with Crippen LogP contribution >= 0.6 is 0 Å². The normalized spacial score (nSPS) is 47.5. The summed E-state index contributed by atoms with van der Waals surface area (Å²) in [5.41, 5.74) is -1.22. The van der Waals surface area contributed by atoms with Gasteiger partial charge in [0.05, 0.1) is 41.9 Å². The van der Waals surface area contributed by atoms with Crippen molar-refractivity contribution in [3.05, 3.63) is 0 Å². The fraction of sp³-hybridized carbons (Fsp3) is 0.912. The lowest BCUT2D eigenvalue weighted by Crippen LogP contribution is -2.60. The molecule has 0 unspecified atom stereocenters. The van der Waals surface area contributed by atoms with Crippen molar-refractivity contribution in [2.75, 3.05) is 27.7 Å². The average molecular weight is 654 g/mol. The van der Waals surface area contributed by atoms with Gasteiger partial charge in [0.2, 0.25) is 0 Å². The van der Waals surface area contributed by atoms with Crippen LogP contribution in [0, 0.1) is 23.7 Å². The number of carbonyl (C=O) groups excluding carboxylic acids is 2. The Kier molecular flexibility index (Phi) is 11.2. The number of hydrogen-bond acceptors (Lipinski definition) is 11. The van der Waals surface area contributed by atoms with Gasteiger partial charge in [-0.3, -0.25) is 14.7 Å². The Hall–Kier alpha value is -1.83. The average Bonchev–Trinajstić information content (AvgIpc) is 3.15. The number of hydrogen-bond donors (Lipinski definition) is 2. The molecule has 3 fully saturated rings. The van der Waals surface area contributed by atoms with E-state index in [1.54, 1.807) is 18.9 Å². The summed E-state index contributed by atoms with van der Waals surface area (Å²) in [7, 11) is 5.44. The highest BCUT2D eigenvalue weighted by atomic mass is 16.7. The largest absolute Gasteiger partial charge is 0.458 e. The topological polar surface area (TPSA) is 140 Å². The minimum atomic E-state index is -1.19. The number of nitrogens with zero attached hydrogens (tertiary/aromatic N) is 3. The smallest absolute Gasteiger partial charge is 0.411 e. The van der Waals surface area contributed by atoms with E-state index < -0.39 is 71.8 Å². The molecule has 0 aromatic heterocycles. The molecule has 4 rings (SSSR count). The van der Waals surface area contributed by atoms with E-state index in [4.69, 9.17) is 28.7 Å². The van der Waals surface area contributed by atoms with Crippen LogP contribution in [-0.4, -0.2) is 132 Å². The zero-order chi connectivity index (χ0) is 34.5. The molecule has 15 atom stereocenters. The maximum absolute atomic E-state index is 13.8. The molecular weight excluding hydrogens is 594 g/mol. The Balaban J connectivity index is 1.82. The van der Waals surface area contributed by atoms with E-state index in [2.05, 4.69) is 13.8 Å². The third kappa shape index (κ3) is 6.72. The summed E-state index contributed by atoms with van der Waals surface area (Å²) in [6.45, 7) is 17.6. The highest BCUT2D eigenvalue weighted by molar-refractivity contribution is 5.91. The molecular formula is C34H59N3O9. The Morgan fingerprint density at radius 3 is 2.28 bits per heavy atom. The zero-order valence-electron chi connectivity index (χ0n) is 29.9. The maximum atomic E-state index is 13.8. The fourth-order valence-corrected chi connectivity index (χ4v) is 8.65. The molecule has 0 spiro atoms. The van der Waals surface area contributed by atoms with Gasteiger partial charge in [0.1, 0.15) is 12.2 Å². The predicted molar refractivity (Wildman–Crippen MR) is 172 cm³/mol. The van der Waals surface area contributed by atoms with Gasteiger partial charge in [-0.2, -0.15) is 0 Å². The third-order valence-corrected chi connectivity index (χ3v) is 11.2. The monoisotopic (exact) mass is 653 g/mol. The van der Waals surface area contributed by atoms with E-state index in [1.807, 2.05) is 60.5 Å². The number of esters is 1. The molecule has 4 aliphatic rings. The standard InChI is InChI=1S/C34H59N3O9/c1-13-24-34(9)28-20(5)25(35-18(3)16-37(28)32(41)46-34)17(2)15-33(8,42-12)29(21(6)26(38)22(7)30(40)44-24)45-31-27(39)23(36(10)11)14-19(4)43-31/h17-24,26-29,31,38-39H,13-16H2,1-12H3/t17-,18+,19-,20+,21+,22-,23+,24-,26+,27-,28-,29-,31+,33-,34-/m1/s1. The van der Waals surface area contributed by atoms with Crippen molar-refractivity contribution in [2.45, 2.75) is 148 Å². The Morgan fingerprint density at radius 1 is 1.04 bits per heavy atom. The molecule has 0 aromatic rings. The maximum Gasteiger partial charge on any atom is 0.411 e. The van der Waals surface area contributed by atoms with E-state index in [9.17, 15) is 19.8 Å². The van der Waals surface area contributed by atoms with Gasteiger partial charge < -0.3 is 38.8 Å². The Labute approximate surface area is 275 Å². The predicted octanol–water partition coefficient (Wildman–Crippen LogP) is 3.26. The highest BCUT2D eigenvalue weighted by Crippen LogP contribution is 2.44.